The van der Waals surface area contributed by atoms with Crippen LogP contribution in [0.5, 0.6) is 11.5 Å². The predicted octanol–water partition coefficient (Wildman–Crippen LogP) is 3.23. The molecule has 0 fully saturated rings. The van der Waals surface area contributed by atoms with Gasteiger partial charge >= 0.3 is 0 Å². The average molecular weight is 321 g/mol. The number of ether oxygens (including phenoxy) is 1. The first-order valence-electron chi connectivity index (χ1n) is 5.60. The Labute approximate surface area is 119 Å². The van der Waals surface area contributed by atoms with Crippen LogP contribution in [0.3, 0.4) is 0 Å². The van der Waals surface area contributed by atoms with Gasteiger partial charge < -0.3 is 16.2 Å². The molecule has 19 heavy (non-hydrogen) atoms. The highest BCUT2D eigenvalue weighted by molar-refractivity contribution is 9.10. The van der Waals surface area contributed by atoms with Crippen LogP contribution in [0.25, 0.3) is 0 Å². The third-order valence-corrected chi connectivity index (χ3v) is 3.29. The SMILES string of the molecule is Cc1cc(Oc2cccc(C(N)=O)c2)c(Br)cc1N. The molecule has 2 aromatic carbocycles. The van der Waals surface area contributed by atoms with Gasteiger partial charge in [0.15, 0.2) is 0 Å². The number of hydrogen-bond acceptors (Lipinski definition) is 3. The van der Waals surface area contributed by atoms with Gasteiger partial charge in [0.05, 0.1) is 4.47 Å². The molecule has 0 aliphatic heterocycles. The minimum atomic E-state index is -0.488. The molecule has 0 bridgehead atoms. The van der Waals surface area contributed by atoms with Gasteiger partial charge in [0, 0.05) is 11.3 Å². The van der Waals surface area contributed by atoms with Crippen LogP contribution in [0.15, 0.2) is 40.9 Å². The van der Waals surface area contributed by atoms with Gasteiger partial charge in [-0.05, 0) is 58.7 Å². The summed E-state index contributed by atoms with van der Waals surface area (Å²) in [6.07, 6.45) is 0. The predicted molar refractivity (Wildman–Crippen MR) is 78.3 cm³/mol. The molecule has 0 aromatic heterocycles. The number of nitrogen functional groups attached to an aromatic ring is 1. The monoisotopic (exact) mass is 320 g/mol. The summed E-state index contributed by atoms with van der Waals surface area (Å²) < 4.78 is 6.48. The zero-order valence-electron chi connectivity index (χ0n) is 10.3. The summed E-state index contributed by atoms with van der Waals surface area (Å²) in [6, 6.07) is 10.3. The van der Waals surface area contributed by atoms with Crippen molar-refractivity contribution in [3.8, 4) is 11.5 Å². The van der Waals surface area contributed by atoms with Crippen LogP contribution in [0.4, 0.5) is 5.69 Å². The largest absolute Gasteiger partial charge is 0.456 e. The van der Waals surface area contributed by atoms with Crippen molar-refractivity contribution in [2.75, 3.05) is 5.73 Å². The van der Waals surface area contributed by atoms with Crippen molar-refractivity contribution < 1.29 is 9.53 Å². The topological polar surface area (TPSA) is 78.3 Å². The van der Waals surface area contributed by atoms with E-state index in [1.807, 2.05) is 13.0 Å². The Hall–Kier alpha value is -2.01. The lowest BCUT2D eigenvalue weighted by Gasteiger charge is -2.10. The minimum Gasteiger partial charge on any atom is -0.456 e. The molecule has 4 N–H and O–H groups in total. The fraction of sp³-hybridized carbons (Fsp3) is 0.0714. The van der Waals surface area contributed by atoms with Crippen LogP contribution >= 0.6 is 15.9 Å². The van der Waals surface area contributed by atoms with E-state index in [2.05, 4.69) is 15.9 Å². The zero-order chi connectivity index (χ0) is 14.0. The molecule has 5 heteroatoms. The fourth-order valence-electron chi connectivity index (χ4n) is 1.59. The zero-order valence-corrected chi connectivity index (χ0v) is 11.9. The second-order valence-electron chi connectivity index (χ2n) is 4.13. The van der Waals surface area contributed by atoms with Gasteiger partial charge in [-0.1, -0.05) is 6.07 Å². The molecular formula is C14H13BrN2O2. The molecule has 0 saturated heterocycles. The number of anilines is 1. The first-order valence-corrected chi connectivity index (χ1v) is 6.40. The second kappa shape index (κ2) is 5.32. The van der Waals surface area contributed by atoms with E-state index in [0.717, 1.165) is 10.0 Å². The third kappa shape index (κ3) is 3.06. The third-order valence-electron chi connectivity index (χ3n) is 2.67. The first-order chi connectivity index (χ1) is 8.97. The summed E-state index contributed by atoms with van der Waals surface area (Å²) in [7, 11) is 0. The van der Waals surface area contributed by atoms with E-state index >= 15 is 0 Å². The number of benzene rings is 2. The summed E-state index contributed by atoms with van der Waals surface area (Å²) in [5, 5.41) is 0. The summed E-state index contributed by atoms with van der Waals surface area (Å²) in [4.78, 5) is 11.1. The minimum absolute atomic E-state index is 0.404. The van der Waals surface area contributed by atoms with Crippen molar-refractivity contribution in [2.24, 2.45) is 5.73 Å². The fourth-order valence-corrected chi connectivity index (χ4v) is 2.03. The van der Waals surface area contributed by atoms with E-state index in [-0.39, 0.29) is 0 Å². The van der Waals surface area contributed by atoms with Gasteiger partial charge in [-0.3, -0.25) is 4.79 Å². The highest BCUT2D eigenvalue weighted by Crippen LogP contribution is 2.33. The molecule has 0 heterocycles. The smallest absolute Gasteiger partial charge is 0.248 e. The number of nitrogens with two attached hydrogens (primary N) is 2. The maximum atomic E-state index is 11.1. The molecule has 0 radical (unpaired) electrons. The number of carbonyl (C=O) groups is 1. The Bertz CT molecular complexity index is 641. The number of rotatable bonds is 3. The first kappa shape index (κ1) is 13.4. The summed E-state index contributed by atoms with van der Waals surface area (Å²) in [6.45, 7) is 1.90. The summed E-state index contributed by atoms with van der Waals surface area (Å²) in [5.74, 6) is 0.687. The number of amides is 1. The Morgan fingerprint density at radius 2 is 2.00 bits per heavy atom. The van der Waals surface area contributed by atoms with Gasteiger partial charge in [-0.15, -0.1) is 0 Å². The van der Waals surface area contributed by atoms with Crippen LogP contribution in [0, 0.1) is 6.92 Å². The molecule has 0 aliphatic rings. The highest BCUT2D eigenvalue weighted by atomic mass is 79.9. The lowest BCUT2D eigenvalue weighted by molar-refractivity contribution is 0.1000. The second-order valence-corrected chi connectivity index (χ2v) is 4.99. The molecule has 0 saturated carbocycles. The molecule has 0 atom stereocenters. The molecule has 2 rings (SSSR count). The summed E-state index contributed by atoms with van der Waals surface area (Å²) in [5.41, 5.74) is 13.0. The molecule has 0 unspecified atom stereocenters. The van der Waals surface area contributed by atoms with Crippen LogP contribution in [0.1, 0.15) is 15.9 Å². The normalized spacial score (nSPS) is 10.2. The Balaban J connectivity index is 2.33. The lowest BCUT2D eigenvalue weighted by atomic mass is 10.2. The number of carbonyl (C=O) groups excluding carboxylic acids is 1. The van der Waals surface area contributed by atoms with Crippen molar-refractivity contribution in [1.29, 1.82) is 0 Å². The summed E-state index contributed by atoms with van der Waals surface area (Å²) >= 11 is 3.39. The van der Waals surface area contributed by atoms with E-state index in [4.69, 9.17) is 16.2 Å². The number of hydrogen-bond donors (Lipinski definition) is 2. The number of primary amides is 1. The molecule has 0 aliphatic carbocycles. The van der Waals surface area contributed by atoms with E-state index in [1.165, 1.54) is 0 Å². The highest BCUT2D eigenvalue weighted by Gasteiger charge is 2.07. The molecule has 98 valence electrons. The maximum Gasteiger partial charge on any atom is 0.248 e. The molecule has 1 amide bonds. The Morgan fingerprint density at radius 1 is 1.26 bits per heavy atom. The van der Waals surface area contributed by atoms with E-state index in [1.54, 1.807) is 30.3 Å². The van der Waals surface area contributed by atoms with Crippen LogP contribution in [-0.2, 0) is 0 Å². The molecule has 0 spiro atoms. The molecule has 2 aromatic rings. The van der Waals surface area contributed by atoms with Crippen LogP contribution < -0.4 is 16.2 Å². The van der Waals surface area contributed by atoms with Crippen LogP contribution in [-0.4, -0.2) is 5.91 Å². The van der Waals surface area contributed by atoms with Gasteiger partial charge in [0.25, 0.3) is 0 Å². The molecular weight excluding hydrogens is 308 g/mol. The van der Waals surface area contributed by atoms with E-state index < -0.39 is 5.91 Å². The van der Waals surface area contributed by atoms with Crippen molar-refractivity contribution >= 4 is 27.5 Å². The number of aryl methyl sites for hydroxylation is 1. The van der Waals surface area contributed by atoms with Crippen molar-refractivity contribution in [3.05, 3.63) is 52.0 Å². The van der Waals surface area contributed by atoms with E-state index in [9.17, 15) is 4.79 Å². The Kier molecular flexibility index (Phi) is 3.76. The maximum absolute atomic E-state index is 11.1. The van der Waals surface area contributed by atoms with Crippen molar-refractivity contribution in [3.63, 3.8) is 0 Å². The standard InChI is InChI=1S/C14H13BrN2O2/c1-8-5-13(11(15)7-12(8)16)19-10-4-2-3-9(6-10)14(17)18/h2-7H,16H2,1H3,(H2,17,18). The van der Waals surface area contributed by atoms with Crippen LogP contribution in [0.2, 0.25) is 0 Å². The van der Waals surface area contributed by atoms with Crippen molar-refractivity contribution in [1.82, 2.24) is 0 Å². The van der Waals surface area contributed by atoms with Gasteiger partial charge in [0.1, 0.15) is 11.5 Å². The van der Waals surface area contributed by atoms with Gasteiger partial charge in [-0.25, -0.2) is 0 Å². The average Bonchev–Trinajstić information content (AvgIpc) is 2.36. The van der Waals surface area contributed by atoms with Gasteiger partial charge in [0.2, 0.25) is 5.91 Å². The quantitative estimate of drug-likeness (QED) is 0.852. The van der Waals surface area contributed by atoms with Gasteiger partial charge in [-0.2, -0.15) is 0 Å². The van der Waals surface area contributed by atoms with E-state index in [0.29, 0.717) is 22.7 Å². The Morgan fingerprint density at radius 3 is 2.68 bits per heavy atom. The lowest BCUT2D eigenvalue weighted by Crippen LogP contribution is -2.10. The molecule has 4 nitrogen and oxygen atoms in total. The number of halogens is 1. The van der Waals surface area contributed by atoms with Crippen molar-refractivity contribution in [2.45, 2.75) is 6.92 Å².